The van der Waals surface area contributed by atoms with Gasteiger partial charge >= 0.3 is 0 Å². The average molecular weight is 202 g/mol. The van der Waals surface area contributed by atoms with Gasteiger partial charge in [0.1, 0.15) is 12.2 Å². The molecule has 4 heteroatoms. The van der Waals surface area contributed by atoms with Crippen molar-refractivity contribution in [3.63, 3.8) is 0 Å². The van der Waals surface area contributed by atoms with Gasteiger partial charge in [0.2, 0.25) is 6.29 Å². The zero-order valence-electron chi connectivity index (χ0n) is 9.02. The van der Waals surface area contributed by atoms with Crippen LogP contribution in [0.25, 0.3) is 0 Å². The second kappa shape index (κ2) is 3.88. The molecule has 1 aliphatic rings. The number of aliphatic hydroxyl groups excluding tert-OH is 2. The van der Waals surface area contributed by atoms with Gasteiger partial charge in [0.25, 0.3) is 0 Å². The lowest BCUT2D eigenvalue weighted by Crippen LogP contribution is -2.46. The van der Waals surface area contributed by atoms with Crippen molar-refractivity contribution < 1.29 is 19.7 Å². The Bertz CT molecular complexity index is 229. The molecule has 0 bridgehead atoms. The summed E-state index contributed by atoms with van der Waals surface area (Å²) in [7, 11) is 0. The minimum absolute atomic E-state index is 0.414. The van der Waals surface area contributed by atoms with Crippen LogP contribution in [0, 0.1) is 0 Å². The van der Waals surface area contributed by atoms with Crippen LogP contribution in [-0.4, -0.2) is 34.3 Å². The molecule has 0 fully saturated rings. The minimum atomic E-state index is -1.03. The first-order valence-electron chi connectivity index (χ1n) is 4.68. The molecule has 0 aliphatic carbocycles. The summed E-state index contributed by atoms with van der Waals surface area (Å²) < 4.78 is 10.7. The molecule has 0 amide bonds. The topological polar surface area (TPSA) is 58.9 Å². The Kier molecular flexibility index (Phi) is 3.19. The lowest BCUT2D eigenvalue weighted by Gasteiger charge is -2.35. The highest BCUT2D eigenvalue weighted by atomic mass is 16.7. The van der Waals surface area contributed by atoms with Crippen molar-refractivity contribution in [3.05, 3.63) is 11.8 Å². The molecule has 1 rings (SSSR count). The van der Waals surface area contributed by atoms with Crippen LogP contribution in [0.1, 0.15) is 27.7 Å². The van der Waals surface area contributed by atoms with Crippen LogP contribution < -0.4 is 0 Å². The first-order valence-corrected chi connectivity index (χ1v) is 4.68. The molecular weight excluding hydrogens is 184 g/mol. The molecule has 3 atom stereocenters. The number of hydrogen-bond donors (Lipinski definition) is 2. The molecule has 0 saturated heterocycles. The number of hydrogen-bond acceptors (Lipinski definition) is 4. The molecule has 1 heterocycles. The third-order valence-electron chi connectivity index (χ3n) is 1.81. The Morgan fingerprint density at radius 1 is 1.36 bits per heavy atom. The molecular formula is C10H18O4. The molecule has 0 saturated carbocycles. The predicted molar refractivity (Wildman–Crippen MR) is 51.5 cm³/mol. The van der Waals surface area contributed by atoms with Gasteiger partial charge in [0, 0.05) is 0 Å². The molecule has 0 aromatic rings. The Labute approximate surface area is 84.1 Å². The Morgan fingerprint density at radius 3 is 2.43 bits per heavy atom. The normalized spacial score (nSPS) is 33.6. The van der Waals surface area contributed by atoms with Crippen molar-refractivity contribution >= 4 is 0 Å². The summed E-state index contributed by atoms with van der Waals surface area (Å²) in [4.78, 5) is 0. The third-order valence-corrected chi connectivity index (χ3v) is 1.81. The van der Waals surface area contributed by atoms with Gasteiger partial charge in [-0.2, -0.15) is 0 Å². The molecule has 82 valence electrons. The number of rotatable bonds is 1. The zero-order chi connectivity index (χ0) is 10.9. The van der Waals surface area contributed by atoms with E-state index in [0.29, 0.717) is 5.76 Å². The second-order valence-corrected chi connectivity index (χ2v) is 4.47. The fourth-order valence-electron chi connectivity index (χ4n) is 1.23. The SMILES string of the molecule is CC1=CC(O)C(O)C(OC(C)(C)C)O1. The Hall–Kier alpha value is -0.580. The molecule has 1 aliphatic heterocycles. The number of aliphatic hydroxyl groups is 2. The van der Waals surface area contributed by atoms with E-state index < -0.39 is 24.1 Å². The van der Waals surface area contributed by atoms with Crippen molar-refractivity contribution in [2.45, 2.75) is 51.8 Å². The number of allylic oxidation sites excluding steroid dienone is 1. The Morgan fingerprint density at radius 2 is 1.93 bits per heavy atom. The molecule has 0 spiro atoms. The summed E-state index contributed by atoms with van der Waals surface area (Å²) >= 11 is 0. The van der Waals surface area contributed by atoms with Crippen molar-refractivity contribution in [2.24, 2.45) is 0 Å². The van der Waals surface area contributed by atoms with E-state index in [1.807, 2.05) is 20.8 Å². The predicted octanol–water partition coefficient (Wildman–Crippen LogP) is 0.783. The van der Waals surface area contributed by atoms with Crippen LogP contribution in [0.4, 0.5) is 0 Å². The van der Waals surface area contributed by atoms with E-state index in [4.69, 9.17) is 9.47 Å². The summed E-state index contributed by atoms with van der Waals surface area (Å²) in [6.07, 6.45) is -1.28. The molecule has 14 heavy (non-hydrogen) atoms. The van der Waals surface area contributed by atoms with Gasteiger partial charge in [-0.1, -0.05) is 0 Å². The summed E-state index contributed by atoms with van der Waals surface area (Å²) in [5, 5.41) is 19.0. The van der Waals surface area contributed by atoms with Crippen molar-refractivity contribution in [2.75, 3.05) is 0 Å². The van der Waals surface area contributed by atoms with Gasteiger partial charge in [-0.3, -0.25) is 0 Å². The van der Waals surface area contributed by atoms with Gasteiger partial charge in [-0.05, 0) is 33.8 Å². The summed E-state index contributed by atoms with van der Waals surface area (Å²) in [6.45, 7) is 7.31. The van der Waals surface area contributed by atoms with E-state index in [0.717, 1.165) is 0 Å². The van der Waals surface area contributed by atoms with Gasteiger partial charge in [-0.25, -0.2) is 0 Å². The molecule has 0 aromatic heterocycles. The van der Waals surface area contributed by atoms with E-state index in [1.165, 1.54) is 6.08 Å². The Balaban J connectivity index is 2.67. The van der Waals surface area contributed by atoms with Crippen molar-refractivity contribution in [1.82, 2.24) is 0 Å². The quantitative estimate of drug-likeness (QED) is 0.659. The zero-order valence-corrected chi connectivity index (χ0v) is 9.02. The lowest BCUT2D eigenvalue weighted by molar-refractivity contribution is -0.240. The van der Waals surface area contributed by atoms with Crippen molar-refractivity contribution in [3.8, 4) is 0 Å². The fraction of sp³-hybridized carbons (Fsp3) is 0.800. The molecule has 2 N–H and O–H groups in total. The highest BCUT2D eigenvalue weighted by molar-refractivity contribution is 5.02. The van der Waals surface area contributed by atoms with E-state index >= 15 is 0 Å². The first-order chi connectivity index (χ1) is 6.29. The van der Waals surface area contributed by atoms with Crippen LogP contribution in [-0.2, 0) is 9.47 Å². The van der Waals surface area contributed by atoms with Crippen molar-refractivity contribution in [1.29, 1.82) is 0 Å². The summed E-state index contributed by atoms with van der Waals surface area (Å²) in [5.74, 6) is 0.567. The van der Waals surface area contributed by atoms with Crippen LogP contribution in [0.15, 0.2) is 11.8 Å². The van der Waals surface area contributed by atoms with E-state index in [1.54, 1.807) is 6.92 Å². The average Bonchev–Trinajstić information content (AvgIpc) is 1.96. The lowest BCUT2D eigenvalue weighted by atomic mass is 10.1. The standard InChI is InChI=1S/C10H18O4/c1-6-5-7(11)8(12)9(13-6)14-10(2,3)4/h5,7-9,11-12H,1-4H3. The van der Waals surface area contributed by atoms with E-state index in [-0.39, 0.29) is 0 Å². The fourth-order valence-corrected chi connectivity index (χ4v) is 1.23. The van der Waals surface area contributed by atoms with Gasteiger partial charge < -0.3 is 19.7 Å². The summed E-state index contributed by atoms with van der Waals surface area (Å²) in [6, 6.07) is 0. The van der Waals surface area contributed by atoms with Gasteiger partial charge in [0.15, 0.2) is 0 Å². The maximum atomic E-state index is 9.57. The van der Waals surface area contributed by atoms with Crippen LogP contribution >= 0.6 is 0 Å². The van der Waals surface area contributed by atoms with Crippen LogP contribution in [0.5, 0.6) is 0 Å². The van der Waals surface area contributed by atoms with Gasteiger partial charge in [0.05, 0.1) is 11.4 Å². The molecule has 4 nitrogen and oxygen atoms in total. The molecule has 0 radical (unpaired) electrons. The summed E-state index contributed by atoms with van der Waals surface area (Å²) in [5.41, 5.74) is -0.414. The number of ether oxygens (including phenoxy) is 2. The van der Waals surface area contributed by atoms with Gasteiger partial charge in [-0.15, -0.1) is 0 Å². The highest BCUT2D eigenvalue weighted by Gasteiger charge is 2.34. The second-order valence-electron chi connectivity index (χ2n) is 4.47. The third kappa shape index (κ3) is 2.97. The van der Waals surface area contributed by atoms with E-state index in [9.17, 15) is 10.2 Å². The first kappa shape index (κ1) is 11.5. The largest absolute Gasteiger partial charge is 0.467 e. The smallest absolute Gasteiger partial charge is 0.228 e. The molecule has 0 aromatic carbocycles. The molecule has 3 unspecified atom stereocenters. The maximum Gasteiger partial charge on any atom is 0.228 e. The maximum absolute atomic E-state index is 9.57. The monoisotopic (exact) mass is 202 g/mol. The van der Waals surface area contributed by atoms with Crippen LogP contribution in [0.2, 0.25) is 0 Å². The highest BCUT2D eigenvalue weighted by Crippen LogP contribution is 2.23. The minimum Gasteiger partial charge on any atom is -0.467 e. The van der Waals surface area contributed by atoms with Crippen LogP contribution in [0.3, 0.4) is 0 Å². The van der Waals surface area contributed by atoms with E-state index in [2.05, 4.69) is 0 Å².